The van der Waals surface area contributed by atoms with E-state index in [1.54, 1.807) is 19.4 Å². The molecule has 8 heteroatoms. The van der Waals surface area contributed by atoms with E-state index in [4.69, 9.17) is 4.74 Å². The van der Waals surface area contributed by atoms with Gasteiger partial charge in [0.1, 0.15) is 16.9 Å². The van der Waals surface area contributed by atoms with E-state index in [1.807, 2.05) is 31.2 Å². The van der Waals surface area contributed by atoms with Crippen LogP contribution in [0.3, 0.4) is 0 Å². The fourth-order valence-electron chi connectivity index (χ4n) is 4.37. The number of fused-ring (bicyclic) bond motifs is 3. The number of imide groups is 1. The van der Waals surface area contributed by atoms with Gasteiger partial charge in [-0.1, -0.05) is 6.07 Å². The molecule has 8 nitrogen and oxygen atoms in total. The Labute approximate surface area is 172 Å². The van der Waals surface area contributed by atoms with Crippen LogP contribution < -0.4 is 15.6 Å². The number of urea groups is 1. The van der Waals surface area contributed by atoms with E-state index in [2.05, 4.69) is 10.3 Å². The van der Waals surface area contributed by atoms with E-state index < -0.39 is 11.6 Å². The van der Waals surface area contributed by atoms with Gasteiger partial charge in [-0.3, -0.25) is 18.9 Å². The molecule has 1 aromatic carbocycles. The van der Waals surface area contributed by atoms with Gasteiger partial charge < -0.3 is 10.1 Å². The molecule has 30 heavy (non-hydrogen) atoms. The number of amides is 3. The summed E-state index contributed by atoms with van der Waals surface area (Å²) in [6.45, 7) is 1.84. The summed E-state index contributed by atoms with van der Waals surface area (Å²) in [5, 5.41) is 2.89. The highest BCUT2D eigenvalue weighted by Gasteiger charge is 2.55. The molecule has 1 unspecified atom stereocenters. The summed E-state index contributed by atoms with van der Waals surface area (Å²) < 4.78 is 6.74. The largest absolute Gasteiger partial charge is 0.497 e. The Morgan fingerprint density at radius 2 is 2.00 bits per heavy atom. The predicted octanol–water partition coefficient (Wildman–Crippen LogP) is 1.91. The lowest BCUT2D eigenvalue weighted by molar-refractivity contribution is -0.132. The van der Waals surface area contributed by atoms with Crippen molar-refractivity contribution in [1.29, 1.82) is 0 Å². The SMILES string of the molecule is COc1ccc2c(c1)C1(CC2)NC(=O)N(Cc2cc(=O)n3ccc(C)cc3n2)C1=O. The van der Waals surface area contributed by atoms with E-state index in [9.17, 15) is 14.4 Å². The third kappa shape index (κ3) is 2.60. The zero-order valence-electron chi connectivity index (χ0n) is 16.6. The molecule has 152 valence electrons. The van der Waals surface area contributed by atoms with Crippen molar-refractivity contribution in [3.63, 3.8) is 0 Å². The average Bonchev–Trinajstić information content (AvgIpc) is 3.20. The maximum absolute atomic E-state index is 13.4. The molecule has 3 amide bonds. The van der Waals surface area contributed by atoms with Crippen molar-refractivity contribution in [2.75, 3.05) is 7.11 Å². The third-order valence-electron chi connectivity index (χ3n) is 5.92. The standard InChI is InChI=1S/C22H20N4O4/c1-13-6-8-25-18(9-13)23-15(10-19(25)27)12-26-20(28)22(24-21(26)29)7-5-14-3-4-16(30-2)11-17(14)22/h3-4,6,8-11H,5,7,12H2,1-2H3,(H,24,29). The van der Waals surface area contributed by atoms with Crippen molar-refractivity contribution in [1.82, 2.24) is 19.6 Å². The highest BCUT2D eigenvalue weighted by atomic mass is 16.5. The number of rotatable bonds is 3. The lowest BCUT2D eigenvalue weighted by atomic mass is 9.91. The first-order chi connectivity index (χ1) is 14.4. The molecule has 1 aliphatic carbocycles. The fourth-order valence-corrected chi connectivity index (χ4v) is 4.37. The quantitative estimate of drug-likeness (QED) is 0.673. The van der Waals surface area contributed by atoms with Gasteiger partial charge in [0, 0.05) is 12.3 Å². The van der Waals surface area contributed by atoms with Crippen LogP contribution in [0.25, 0.3) is 5.65 Å². The van der Waals surface area contributed by atoms with Crippen LogP contribution in [-0.4, -0.2) is 33.3 Å². The van der Waals surface area contributed by atoms with Gasteiger partial charge in [-0.15, -0.1) is 0 Å². The Bertz CT molecular complexity index is 1280. The molecule has 1 spiro atoms. The topological polar surface area (TPSA) is 93.0 Å². The first-order valence-corrected chi connectivity index (χ1v) is 9.72. The third-order valence-corrected chi connectivity index (χ3v) is 5.92. The second-order valence-corrected chi connectivity index (χ2v) is 7.77. The number of aromatic nitrogens is 2. The number of carbonyl (C=O) groups excluding carboxylic acids is 2. The van der Waals surface area contributed by atoms with Crippen LogP contribution in [0.4, 0.5) is 4.79 Å². The molecule has 2 aliphatic rings. The fraction of sp³-hybridized carbons (Fsp3) is 0.273. The summed E-state index contributed by atoms with van der Waals surface area (Å²) in [6.07, 6.45) is 2.84. The number of benzene rings is 1. The Hall–Kier alpha value is -3.68. The van der Waals surface area contributed by atoms with Crippen LogP contribution >= 0.6 is 0 Å². The Morgan fingerprint density at radius 1 is 1.17 bits per heavy atom. The molecule has 0 bridgehead atoms. The van der Waals surface area contributed by atoms with Crippen LogP contribution in [0, 0.1) is 6.92 Å². The molecule has 1 saturated heterocycles. The van der Waals surface area contributed by atoms with E-state index in [0.29, 0.717) is 29.9 Å². The van der Waals surface area contributed by atoms with Gasteiger partial charge in [0.25, 0.3) is 11.5 Å². The highest BCUT2D eigenvalue weighted by molar-refractivity contribution is 6.08. The van der Waals surface area contributed by atoms with Crippen molar-refractivity contribution in [2.45, 2.75) is 31.8 Å². The van der Waals surface area contributed by atoms with Crippen LogP contribution in [0.15, 0.2) is 47.4 Å². The minimum absolute atomic E-state index is 0.0641. The molecule has 1 fully saturated rings. The summed E-state index contributed by atoms with van der Waals surface area (Å²) in [4.78, 5) is 44.2. The zero-order chi connectivity index (χ0) is 21.0. The summed E-state index contributed by atoms with van der Waals surface area (Å²) in [7, 11) is 1.57. The predicted molar refractivity (Wildman–Crippen MR) is 108 cm³/mol. The van der Waals surface area contributed by atoms with Crippen LogP contribution in [0.2, 0.25) is 0 Å². The number of hydrogen-bond donors (Lipinski definition) is 1. The van der Waals surface area contributed by atoms with Crippen LogP contribution in [0.1, 0.15) is 28.8 Å². The molecule has 5 rings (SSSR count). The summed E-state index contributed by atoms with van der Waals surface area (Å²) in [6, 6.07) is 10.1. The van der Waals surface area contributed by atoms with Gasteiger partial charge in [-0.25, -0.2) is 9.78 Å². The number of aryl methyl sites for hydroxylation is 2. The van der Waals surface area contributed by atoms with Gasteiger partial charge in [-0.05, 0) is 60.7 Å². The summed E-state index contributed by atoms with van der Waals surface area (Å²) in [5.74, 6) is 0.306. The van der Waals surface area contributed by atoms with E-state index in [-0.39, 0.29) is 18.0 Å². The van der Waals surface area contributed by atoms with Gasteiger partial charge in [0.05, 0.1) is 19.3 Å². The Balaban J connectivity index is 1.51. The van der Waals surface area contributed by atoms with Crippen molar-refractivity contribution < 1.29 is 14.3 Å². The highest BCUT2D eigenvalue weighted by Crippen LogP contribution is 2.43. The molecule has 2 aromatic heterocycles. The van der Waals surface area contributed by atoms with Crippen molar-refractivity contribution in [2.24, 2.45) is 0 Å². The number of ether oxygens (including phenoxy) is 1. The molecule has 0 radical (unpaired) electrons. The smallest absolute Gasteiger partial charge is 0.325 e. The molecule has 1 aliphatic heterocycles. The minimum Gasteiger partial charge on any atom is -0.497 e. The van der Waals surface area contributed by atoms with Crippen molar-refractivity contribution in [3.05, 3.63) is 75.3 Å². The van der Waals surface area contributed by atoms with E-state index in [0.717, 1.165) is 21.6 Å². The minimum atomic E-state index is -1.09. The Morgan fingerprint density at radius 3 is 2.80 bits per heavy atom. The number of hydrogen-bond acceptors (Lipinski definition) is 5. The number of methoxy groups -OCH3 is 1. The molecule has 1 atom stereocenters. The average molecular weight is 404 g/mol. The normalized spacial score (nSPS) is 20.1. The molecule has 3 heterocycles. The van der Waals surface area contributed by atoms with Crippen molar-refractivity contribution >= 4 is 17.6 Å². The number of nitrogens with zero attached hydrogens (tertiary/aromatic N) is 3. The summed E-state index contributed by atoms with van der Waals surface area (Å²) >= 11 is 0. The van der Waals surface area contributed by atoms with Crippen molar-refractivity contribution in [3.8, 4) is 5.75 Å². The lowest BCUT2D eigenvalue weighted by Crippen LogP contribution is -2.41. The number of nitrogens with one attached hydrogen (secondary N) is 1. The number of pyridine rings is 1. The summed E-state index contributed by atoms with van der Waals surface area (Å²) in [5.41, 5.74) is 2.25. The Kier molecular flexibility index (Phi) is 3.92. The first kappa shape index (κ1) is 18.4. The number of carbonyl (C=O) groups is 2. The second kappa shape index (κ2) is 6.41. The van der Waals surface area contributed by atoms with Gasteiger partial charge in [-0.2, -0.15) is 0 Å². The van der Waals surface area contributed by atoms with Gasteiger partial charge >= 0.3 is 6.03 Å². The van der Waals surface area contributed by atoms with Gasteiger partial charge in [0.2, 0.25) is 0 Å². The molecular formula is C22H20N4O4. The maximum atomic E-state index is 13.4. The molecule has 1 N–H and O–H groups in total. The molecule has 3 aromatic rings. The maximum Gasteiger partial charge on any atom is 0.325 e. The monoisotopic (exact) mass is 404 g/mol. The van der Waals surface area contributed by atoms with E-state index >= 15 is 0 Å². The van der Waals surface area contributed by atoms with Crippen LogP contribution in [-0.2, 0) is 23.3 Å². The molecular weight excluding hydrogens is 384 g/mol. The first-order valence-electron chi connectivity index (χ1n) is 9.72. The van der Waals surface area contributed by atoms with E-state index in [1.165, 1.54) is 10.5 Å². The molecule has 0 saturated carbocycles. The second-order valence-electron chi connectivity index (χ2n) is 7.77. The lowest BCUT2D eigenvalue weighted by Gasteiger charge is -2.22. The zero-order valence-corrected chi connectivity index (χ0v) is 16.6. The van der Waals surface area contributed by atoms with Crippen LogP contribution in [0.5, 0.6) is 5.75 Å². The van der Waals surface area contributed by atoms with Gasteiger partial charge in [0.15, 0.2) is 0 Å².